The van der Waals surface area contributed by atoms with E-state index >= 15 is 0 Å². The summed E-state index contributed by atoms with van der Waals surface area (Å²) in [4.78, 5) is 23.1. The Bertz CT molecular complexity index is 702. The number of anilines is 1. The van der Waals surface area contributed by atoms with Gasteiger partial charge in [-0.1, -0.05) is 6.07 Å². The first-order chi connectivity index (χ1) is 9.40. The van der Waals surface area contributed by atoms with E-state index in [2.05, 4.69) is 37.2 Å². The predicted octanol–water partition coefficient (Wildman–Crippen LogP) is 4.36. The van der Waals surface area contributed by atoms with Gasteiger partial charge in [0, 0.05) is 0 Å². The van der Waals surface area contributed by atoms with Gasteiger partial charge in [0.25, 0.3) is 5.91 Å². The number of halogens is 3. The molecule has 0 aliphatic carbocycles. The van der Waals surface area contributed by atoms with E-state index in [0.29, 0.717) is 9.35 Å². The number of thiophene rings is 1. The zero-order valence-electron chi connectivity index (χ0n) is 9.62. The highest BCUT2D eigenvalue weighted by atomic mass is 79.9. The zero-order chi connectivity index (χ0) is 14.9. The van der Waals surface area contributed by atoms with Crippen molar-refractivity contribution in [1.29, 1.82) is 0 Å². The Morgan fingerprint density at radius 1 is 1.30 bits per heavy atom. The Morgan fingerprint density at radius 2 is 2.00 bits per heavy atom. The Kier molecular flexibility index (Phi) is 4.56. The third-order valence-electron chi connectivity index (χ3n) is 2.38. The third kappa shape index (κ3) is 3.08. The zero-order valence-corrected chi connectivity index (χ0v) is 13.6. The van der Waals surface area contributed by atoms with Crippen LogP contribution in [0, 0.1) is 5.82 Å². The summed E-state index contributed by atoms with van der Waals surface area (Å²) in [6.45, 7) is 0. The molecule has 2 N–H and O–H groups in total. The molecule has 1 amide bonds. The molecule has 1 heterocycles. The highest BCUT2D eigenvalue weighted by Gasteiger charge is 2.19. The second-order valence-electron chi connectivity index (χ2n) is 3.66. The van der Waals surface area contributed by atoms with E-state index in [1.54, 1.807) is 6.07 Å². The lowest BCUT2D eigenvalue weighted by Gasteiger charge is -2.08. The number of carboxylic acid groups (broad SMARTS) is 1. The lowest BCUT2D eigenvalue weighted by Crippen LogP contribution is -2.15. The molecule has 1 aromatic carbocycles. The number of hydrogen-bond donors (Lipinski definition) is 2. The van der Waals surface area contributed by atoms with Gasteiger partial charge < -0.3 is 10.4 Å². The maximum absolute atomic E-state index is 13.5. The number of aromatic carboxylic acids is 1. The summed E-state index contributed by atoms with van der Waals surface area (Å²) >= 11 is 7.77. The Hall–Kier alpha value is -1.25. The minimum Gasteiger partial charge on any atom is -0.478 e. The van der Waals surface area contributed by atoms with Crippen LogP contribution in [-0.4, -0.2) is 17.0 Å². The third-order valence-corrected chi connectivity index (χ3v) is 4.72. The van der Waals surface area contributed by atoms with Crippen LogP contribution >= 0.6 is 43.2 Å². The van der Waals surface area contributed by atoms with Crippen molar-refractivity contribution in [3.63, 3.8) is 0 Å². The number of carboxylic acids is 1. The van der Waals surface area contributed by atoms with Crippen molar-refractivity contribution < 1.29 is 19.1 Å². The Labute approximate surface area is 133 Å². The summed E-state index contributed by atoms with van der Waals surface area (Å²) in [5.41, 5.74) is -0.314. The molecule has 0 bridgehead atoms. The molecule has 0 saturated carbocycles. The number of carbonyl (C=O) groups excluding carboxylic acids is 1. The van der Waals surface area contributed by atoms with E-state index in [9.17, 15) is 14.0 Å². The smallest absolute Gasteiger partial charge is 0.340 e. The van der Waals surface area contributed by atoms with Gasteiger partial charge in [-0.3, -0.25) is 4.79 Å². The van der Waals surface area contributed by atoms with Crippen LogP contribution < -0.4 is 5.32 Å². The monoisotopic (exact) mass is 421 g/mol. The van der Waals surface area contributed by atoms with Crippen molar-refractivity contribution in [3.05, 3.63) is 48.8 Å². The van der Waals surface area contributed by atoms with E-state index in [1.165, 1.54) is 23.5 Å². The molecule has 4 nitrogen and oxygen atoms in total. The van der Waals surface area contributed by atoms with E-state index in [1.807, 2.05) is 0 Å². The lowest BCUT2D eigenvalue weighted by atomic mass is 10.1. The molecule has 0 spiro atoms. The summed E-state index contributed by atoms with van der Waals surface area (Å²) in [6, 6.07) is 5.27. The van der Waals surface area contributed by atoms with E-state index < -0.39 is 23.3 Å². The van der Waals surface area contributed by atoms with Crippen molar-refractivity contribution in [2.45, 2.75) is 0 Å². The van der Waals surface area contributed by atoms with Gasteiger partial charge in [0.2, 0.25) is 0 Å². The molecule has 8 heteroatoms. The number of carbonyl (C=O) groups is 2. The minimum absolute atomic E-state index is 0.0864. The first-order valence-corrected chi connectivity index (χ1v) is 7.58. The average molecular weight is 423 g/mol. The Balaban J connectivity index is 2.36. The molecule has 20 heavy (non-hydrogen) atoms. The predicted molar refractivity (Wildman–Crippen MR) is 81.0 cm³/mol. The van der Waals surface area contributed by atoms with E-state index in [4.69, 9.17) is 5.11 Å². The molecule has 0 saturated heterocycles. The van der Waals surface area contributed by atoms with Crippen molar-refractivity contribution >= 4 is 60.8 Å². The van der Waals surface area contributed by atoms with Crippen LogP contribution in [-0.2, 0) is 0 Å². The maximum Gasteiger partial charge on any atom is 0.340 e. The summed E-state index contributed by atoms with van der Waals surface area (Å²) in [5, 5.41) is 11.4. The van der Waals surface area contributed by atoms with E-state index in [-0.39, 0.29) is 5.69 Å². The number of hydrogen-bond acceptors (Lipinski definition) is 3. The molecule has 0 atom stereocenters. The summed E-state index contributed by atoms with van der Waals surface area (Å²) in [5.74, 6) is -2.86. The second kappa shape index (κ2) is 6.02. The van der Waals surface area contributed by atoms with Gasteiger partial charge >= 0.3 is 5.97 Å². The number of benzene rings is 1. The SMILES string of the molecule is O=C(Nc1cccc(F)c1C(=O)O)c1cc(Br)sc1Br. The molecule has 0 fully saturated rings. The summed E-state index contributed by atoms with van der Waals surface area (Å²) < 4.78 is 14.8. The number of rotatable bonds is 3. The molecule has 0 aliphatic rings. The molecule has 0 radical (unpaired) electrons. The molecule has 0 unspecified atom stereocenters. The van der Waals surface area contributed by atoms with Crippen LogP contribution in [0.1, 0.15) is 20.7 Å². The number of amides is 1. The lowest BCUT2D eigenvalue weighted by molar-refractivity contribution is 0.0693. The van der Waals surface area contributed by atoms with Gasteiger partial charge in [-0.2, -0.15) is 0 Å². The van der Waals surface area contributed by atoms with Crippen LogP contribution in [0.2, 0.25) is 0 Å². The average Bonchev–Trinajstić information content (AvgIpc) is 2.68. The molecule has 0 aliphatic heterocycles. The highest BCUT2D eigenvalue weighted by Crippen LogP contribution is 2.32. The van der Waals surface area contributed by atoms with Gasteiger partial charge in [0.1, 0.15) is 11.4 Å². The van der Waals surface area contributed by atoms with Crippen molar-refractivity contribution in [3.8, 4) is 0 Å². The van der Waals surface area contributed by atoms with Gasteiger partial charge in [-0.15, -0.1) is 11.3 Å². The summed E-state index contributed by atoms with van der Waals surface area (Å²) in [7, 11) is 0. The Morgan fingerprint density at radius 3 is 2.55 bits per heavy atom. The van der Waals surface area contributed by atoms with Crippen molar-refractivity contribution in [2.24, 2.45) is 0 Å². The standard InChI is InChI=1S/C12H6Br2FNO3S/c13-8-4-5(10(14)20-8)11(17)16-7-3-1-2-6(15)9(7)12(18)19/h1-4H,(H,16,17)(H,18,19). The van der Waals surface area contributed by atoms with E-state index in [0.717, 1.165) is 9.85 Å². The first kappa shape index (κ1) is 15.1. The molecule has 2 aromatic rings. The van der Waals surface area contributed by atoms with Crippen LogP contribution in [0.25, 0.3) is 0 Å². The molecule has 2 rings (SSSR count). The van der Waals surface area contributed by atoms with Gasteiger partial charge in [0.15, 0.2) is 0 Å². The fraction of sp³-hybridized carbons (Fsp3) is 0. The minimum atomic E-state index is -1.44. The quantitative estimate of drug-likeness (QED) is 0.772. The fourth-order valence-corrected chi connectivity index (χ4v) is 4.32. The molecular weight excluding hydrogens is 417 g/mol. The van der Waals surface area contributed by atoms with Crippen LogP contribution in [0.5, 0.6) is 0 Å². The second-order valence-corrected chi connectivity index (χ2v) is 7.41. The maximum atomic E-state index is 13.5. The molecular formula is C12H6Br2FNO3S. The number of nitrogens with one attached hydrogen (secondary N) is 1. The molecule has 104 valence electrons. The first-order valence-electron chi connectivity index (χ1n) is 5.18. The van der Waals surface area contributed by atoms with Crippen molar-refractivity contribution in [1.82, 2.24) is 0 Å². The van der Waals surface area contributed by atoms with Gasteiger partial charge in [-0.25, -0.2) is 9.18 Å². The molecule has 1 aromatic heterocycles. The van der Waals surface area contributed by atoms with Crippen LogP contribution in [0.3, 0.4) is 0 Å². The highest BCUT2D eigenvalue weighted by molar-refractivity contribution is 9.12. The topological polar surface area (TPSA) is 66.4 Å². The van der Waals surface area contributed by atoms with Crippen molar-refractivity contribution in [2.75, 3.05) is 5.32 Å². The normalized spacial score (nSPS) is 10.3. The van der Waals surface area contributed by atoms with Crippen LogP contribution in [0.15, 0.2) is 31.8 Å². The summed E-state index contributed by atoms with van der Waals surface area (Å²) in [6.07, 6.45) is 0. The van der Waals surface area contributed by atoms with Crippen LogP contribution in [0.4, 0.5) is 10.1 Å². The van der Waals surface area contributed by atoms with Gasteiger partial charge in [0.05, 0.1) is 18.8 Å². The fourth-order valence-electron chi connectivity index (χ4n) is 1.53. The largest absolute Gasteiger partial charge is 0.478 e. The van der Waals surface area contributed by atoms with Gasteiger partial charge in [-0.05, 0) is 50.1 Å².